The second-order valence-electron chi connectivity index (χ2n) is 8.42. The van der Waals surface area contributed by atoms with Gasteiger partial charge in [-0.25, -0.2) is 4.98 Å². The summed E-state index contributed by atoms with van der Waals surface area (Å²) in [6.07, 6.45) is 1.17. The van der Waals surface area contributed by atoms with E-state index in [4.69, 9.17) is 4.98 Å². The van der Waals surface area contributed by atoms with Gasteiger partial charge in [0.1, 0.15) is 4.70 Å². The quantitative estimate of drug-likeness (QED) is 0.436. The van der Waals surface area contributed by atoms with Gasteiger partial charge < -0.3 is 4.90 Å². The smallest absolute Gasteiger partial charge is 0.276 e. The van der Waals surface area contributed by atoms with Gasteiger partial charge in [0.15, 0.2) is 5.16 Å². The lowest BCUT2D eigenvalue weighted by Crippen LogP contribution is -2.43. The Bertz CT molecular complexity index is 1140. The number of piperidine rings is 1. The maximum absolute atomic E-state index is 13.3. The van der Waals surface area contributed by atoms with Crippen LogP contribution in [0.1, 0.15) is 31.4 Å². The number of benzene rings is 1. The van der Waals surface area contributed by atoms with Gasteiger partial charge in [0.05, 0.1) is 17.0 Å². The Hall–Kier alpha value is -2.12. The standard InChI is InChI=1S/C23H27N3O2S2/c1-14-10-15(2)12-25(11-14)20(27)13-30-23-24-18-8-9-29-21(18)22(28)26(23)19-7-5-6-16(3)17(19)4/h5-9,14-15H,10-13H2,1-4H3/t14-,15-/m0/s1. The fourth-order valence-electron chi connectivity index (χ4n) is 4.26. The topological polar surface area (TPSA) is 55.2 Å². The minimum absolute atomic E-state index is 0.0705. The predicted molar refractivity (Wildman–Crippen MR) is 125 cm³/mol. The molecule has 1 amide bonds. The highest BCUT2D eigenvalue weighted by atomic mass is 32.2. The fraction of sp³-hybridized carbons (Fsp3) is 0.435. The fourth-order valence-corrected chi connectivity index (χ4v) is 5.93. The van der Waals surface area contributed by atoms with Crippen LogP contribution in [0.3, 0.4) is 0 Å². The number of thioether (sulfide) groups is 1. The van der Waals surface area contributed by atoms with Crippen molar-refractivity contribution in [1.29, 1.82) is 0 Å². The van der Waals surface area contributed by atoms with Crippen LogP contribution in [0.15, 0.2) is 39.6 Å². The van der Waals surface area contributed by atoms with Crippen LogP contribution in [-0.4, -0.2) is 39.2 Å². The van der Waals surface area contributed by atoms with Crippen molar-refractivity contribution in [3.8, 4) is 5.69 Å². The summed E-state index contributed by atoms with van der Waals surface area (Å²) < 4.78 is 2.32. The first-order valence-corrected chi connectivity index (χ1v) is 12.2. The molecular weight excluding hydrogens is 414 g/mol. The van der Waals surface area contributed by atoms with E-state index < -0.39 is 0 Å². The second kappa shape index (κ2) is 8.55. The first-order chi connectivity index (χ1) is 14.3. The van der Waals surface area contributed by atoms with E-state index in [2.05, 4.69) is 13.8 Å². The Morgan fingerprint density at radius 2 is 1.93 bits per heavy atom. The van der Waals surface area contributed by atoms with Gasteiger partial charge in [-0.15, -0.1) is 11.3 Å². The van der Waals surface area contributed by atoms with E-state index in [0.29, 0.717) is 27.2 Å². The number of hydrogen-bond donors (Lipinski definition) is 0. The SMILES string of the molecule is Cc1cccc(-n2c(SCC(=O)N3C[C@@H](C)C[C@H](C)C3)nc3ccsc3c2=O)c1C. The molecule has 1 aromatic carbocycles. The summed E-state index contributed by atoms with van der Waals surface area (Å²) in [5, 5.41) is 2.47. The molecule has 2 atom stereocenters. The third kappa shape index (κ3) is 4.05. The molecule has 30 heavy (non-hydrogen) atoms. The van der Waals surface area contributed by atoms with Gasteiger partial charge in [-0.2, -0.15) is 0 Å². The van der Waals surface area contributed by atoms with Gasteiger partial charge in [-0.3, -0.25) is 14.2 Å². The van der Waals surface area contributed by atoms with Crippen LogP contribution in [0.4, 0.5) is 0 Å². The largest absolute Gasteiger partial charge is 0.341 e. The monoisotopic (exact) mass is 441 g/mol. The molecule has 2 aromatic heterocycles. The van der Waals surface area contributed by atoms with E-state index in [1.807, 2.05) is 48.4 Å². The lowest BCUT2D eigenvalue weighted by Gasteiger charge is -2.35. The Labute approximate surface area is 185 Å². The van der Waals surface area contributed by atoms with Gasteiger partial charge >= 0.3 is 0 Å². The van der Waals surface area contributed by atoms with Crippen molar-refractivity contribution in [2.45, 2.75) is 39.3 Å². The van der Waals surface area contributed by atoms with E-state index in [1.165, 1.54) is 29.5 Å². The van der Waals surface area contributed by atoms with Crippen molar-refractivity contribution in [2.75, 3.05) is 18.8 Å². The van der Waals surface area contributed by atoms with Crippen LogP contribution in [0.5, 0.6) is 0 Å². The maximum Gasteiger partial charge on any atom is 0.276 e. The number of rotatable bonds is 4. The Kier molecular flexibility index (Phi) is 6.02. The highest BCUT2D eigenvalue weighted by Crippen LogP contribution is 2.27. The van der Waals surface area contributed by atoms with Crippen molar-refractivity contribution < 1.29 is 4.79 Å². The third-order valence-electron chi connectivity index (χ3n) is 5.81. The molecule has 0 spiro atoms. The average Bonchev–Trinajstić information content (AvgIpc) is 3.17. The first-order valence-electron chi connectivity index (χ1n) is 10.3. The molecule has 7 heteroatoms. The number of hydrogen-bond acceptors (Lipinski definition) is 5. The molecule has 5 nitrogen and oxygen atoms in total. The molecule has 4 rings (SSSR count). The summed E-state index contributed by atoms with van der Waals surface area (Å²) in [7, 11) is 0. The van der Waals surface area contributed by atoms with Gasteiger partial charge in [0.2, 0.25) is 5.91 Å². The Balaban J connectivity index is 1.69. The zero-order valence-corrected chi connectivity index (χ0v) is 19.5. The maximum atomic E-state index is 13.3. The van der Waals surface area contributed by atoms with Crippen LogP contribution in [-0.2, 0) is 4.79 Å². The zero-order valence-electron chi connectivity index (χ0n) is 17.8. The van der Waals surface area contributed by atoms with Crippen molar-refractivity contribution in [3.63, 3.8) is 0 Å². The van der Waals surface area contributed by atoms with Gasteiger partial charge in [0.25, 0.3) is 5.56 Å². The number of carbonyl (C=O) groups excluding carboxylic acids is 1. The minimum Gasteiger partial charge on any atom is -0.341 e. The molecule has 0 N–H and O–H groups in total. The van der Waals surface area contributed by atoms with E-state index in [0.717, 1.165) is 29.9 Å². The number of amides is 1. The summed E-state index contributed by atoms with van der Waals surface area (Å²) in [4.78, 5) is 33.0. The molecule has 0 radical (unpaired) electrons. The number of nitrogens with zero attached hydrogens (tertiary/aromatic N) is 3. The minimum atomic E-state index is -0.0705. The number of aryl methyl sites for hydroxylation is 1. The van der Waals surface area contributed by atoms with Crippen LogP contribution < -0.4 is 5.56 Å². The van der Waals surface area contributed by atoms with E-state index >= 15 is 0 Å². The van der Waals surface area contributed by atoms with Gasteiger partial charge in [-0.1, -0.05) is 37.7 Å². The second-order valence-corrected chi connectivity index (χ2v) is 10.3. The van der Waals surface area contributed by atoms with E-state index in [1.54, 1.807) is 4.57 Å². The van der Waals surface area contributed by atoms with E-state index in [-0.39, 0.29) is 17.2 Å². The summed E-state index contributed by atoms with van der Waals surface area (Å²) in [6, 6.07) is 7.81. The summed E-state index contributed by atoms with van der Waals surface area (Å²) >= 11 is 2.77. The number of carbonyl (C=O) groups is 1. The third-order valence-corrected chi connectivity index (χ3v) is 7.63. The van der Waals surface area contributed by atoms with Crippen LogP contribution in [0, 0.1) is 25.7 Å². The van der Waals surface area contributed by atoms with E-state index in [9.17, 15) is 9.59 Å². The highest BCUT2D eigenvalue weighted by Gasteiger charge is 2.26. The summed E-state index contributed by atoms with van der Waals surface area (Å²) in [5.41, 5.74) is 3.62. The summed E-state index contributed by atoms with van der Waals surface area (Å²) in [5.74, 6) is 1.45. The molecule has 1 fully saturated rings. The number of thiophene rings is 1. The molecule has 0 bridgehead atoms. The molecule has 3 aromatic rings. The Morgan fingerprint density at radius 1 is 1.20 bits per heavy atom. The van der Waals surface area contributed by atoms with Crippen LogP contribution >= 0.6 is 23.1 Å². The lowest BCUT2D eigenvalue weighted by molar-refractivity contribution is -0.130. The Morgan fingerprint density at radius 3 is 2.67 bits per heavy atom. The van der Waals surface area contributed by atoms with Crippen LogP contribution in [0.25, 0.3) is 15.9 Å². The first kappa shape index (κ1) is 21.1. The van der Waals surface area contributed by atoms with Crippen molar-refractivity contribution >= 4 is 39.2 Å². The molecule has 3 heterocycles. The molecule has 1 aliphatic rings. The zero-order chi connectivity index (χ0) is 21.4. The predicted octanol–water partition coefficient (Wildman–Crippen LogP) is 4.66. The van der Waals surface area contributed by atoms with Crippen molar-refractivity contribution in [2.24, 2.45) is 11.8 Å². The molecule has 0 saturated carbocycles. The molecule has 0 unspecified atom stereocenters. The molecular formula is C23H27N3O2S2. The molecule has 1 saturated heterocycles. The number of fused-ring (bicyclic) bond motifs is 1. The van der Waals surface area contributed by atoms with Gasteiger partial charge in [-0.05, 0) is 60.7 Å². The lowest BCUT2D eigenvalue weighted by atomic mass is 9.92. The van der Waals surface area contributed by atoms with Crippen molar-refractivity contribution in [3.05, 3.63) is 51.1 Å². The number of aromatic nitrogens is 2. The normalized spacial score (nSPS) is 19.4. The summed E-state index contributed by atoms with van der Waals surface area (Å²) in [6.45, 7) is 10.1. The van der Waals surface area contributed by atoms with Crippen molar-refractivity contribution in [1.82, 2.24) is 14.5 Å². The van der Waals surface area contributed by atoms with Crippen LogP contribution in [0.2, 0.25) is 0 Å². The molecule has 158 valence electrons. The molecule has 1 aliphatic heterocycles. The molecule has 0 aliphatic carbocycles. The average molecular weight is 442 g/mol. The highest BCUT2D eigenvalue weighted by molar-refractivity contribution is 7.99. The number of likely N-dealkylation sites (tertiary alicyclic amines) is 1. The van der Waals surface area contributed by atoms with Gasteiger partial charge in [0, 0.05) is 13.1 Å².